The van der Waals surface area contributed by atoms with Crippen LogP contribution in [0.15, 0.2) is 48.7 Å². The van der Waals surface area contributed by atoms with E-state index in [4.69, 9.17) is 0 Å². The number of rotatable bonds is 3. The van der Waals surface area contributed by atoms with E-state index in [1.165, 1.54) is 0 Å². The zero-order valence-corrected chi connectivity index (χ0v) is 10.6. The van der Waals surface area contributed by atoms with E-state index >= 15 is 0 Å². The van der Waals surface area contributed by atoms with Crippen LogP contribution in [0.25, 0.3) is 10.9 Å². The highest BCUT2D eigenvalue weighted by atomic mass is 16.3. The van der Waals surface area contributed by atoms with Crippen LogP contribution in [-0.2, 0) is 11.2 Å². The molecule has 2 aromatic carbocycles. The molecular formula is C15H13N3O2. The van der Waals surface area contributed by atoms with Gasteiger partial charge in [0.25, 0.3) is 0 Å². The zero-order valence-electron chi connectivity index (χ0n) is 10.6. The van der Waals surface area contributed by atoms with Crippen molar-refractivity contribution in [2.75, 3.05) is 5.32 Å². The number of aromatic nitrogens is 2. The van der Waals surface area contributed by atoms with Gasteiger partial charge in [-0.25, -0.2) is 0 Å². The maximum absolute atomic E-state index is 11.9. The number of benzene rings is 2. The Labute approximate surface area is 115 Å². The summed E-state index contributed by atoms with van der Waals surface area (Å²) in [5, 5.41) is 20.0. The molecule has 100 valence electrons. The van der Waals surface area contributed by atoms with E-state index < -0.39 is 0 Å². The average molecular weight is 267 g/mol. The Morgan fingerprint density at radius 3 is 3.00 bits per heavy atom. The summed E-state index contributed by atoms with van der Waals surface area (Å²) in [4.78, 5) is 11.9. The van der Waals surface area contributed by atoms with Crippen molar-refractivity contribution >= 4 is 22.5 Å². The number of anilines is 1. The van der Waals surface area contributed by atoms with Gasteiger partial charge in [0.2, 0.25) is 5.91 Å². The highest BCUT2D eigenvalue weighted by molar-refractivity contribution is 5.94. The molecule has 3 N–H and O–H groups in total. The second kappa shape index (κ2) is 5.05. The maximum Gasteiger partial charge on any atom is 0.228 e. The summed E-state index contributed by atoms with van der Waals surface area (Å²) in [6, 6.07) is 12.2. The minimum absolute atomic E-state index is 0.130. The first-order valence-corrected chi connectivity index (χ1v) is 6.21. The van der Waals surface area contributed by atoms with Crippen molar-refractivity contribution in [3.8, 4) is 5.75 Å². The standard InChI is InChI=1S/C15H13N3O2/c19-13-3-1-2-10(6-13)7-15(20)17-12-5-4-11-9-16-18-14(11)8-12/h1-6,8-9,19H,7H2,(H,16,18)(H,17,20). The third-order valence-corrected chi connectivity index (χ3v) is 3.00. The van der Waals surface area contributed by atoms with Crippen LogP contribution < -0.4 is 5.32 Å². The summed E-state index contributed by atoms with van der Waals surface area (Å²) < 4.78 is 0. The molecule has 0 bridgehead atoms. The molecule has 0 atom stereocenters. The number of aromatic hydroxyl groups is 1. The van der Waals surface area contributed by atoms with Gasteiger partial charge in [-0.05, 0) is 35.9 Å². The Morgan fingerprint density at radius 1 is 1.25 bits per heavy atom. The Hall–Kier alpha value is -2.82. The van der Waals surface area contributed by atoms with Gasteiger partial charge in [-0.3, -0.25) is 9.89 Å². The molecule has 1 heterocycles. The van der Waals surface area contributed by atoms with E-state index in [1.807, 2.05) is 18.2 Å². The molecule has 0 aliphatic rings. The van der Waals surface area contributed by atoms with Gasteiger partial charge in [-0.1, -0.05) is 12.1 Å². The fraction of sp³-hybridized carbons (Fsp3) is 0.0667. The molecule has 1 amide bonds. The fourth-order valence-electron chi connectivity index (χ4n) is 2.07. The molecule has 0 spiro atoms. The van der Waals surface area contributed by atoms with Gasteiger partial charge >= 0.3 is 0 Å². The van der Waals surface area contributed by atoms with Gasteiger partial charge in [0.15, 0.2) is 0 Å². The summed E-state index contributed by atoms with van der Waals surface area (Å²) in [6.45, 7) is 0. The Bertz CT molecular complexity index is 764. The highest BCUT2D eigenvalue weighted by Crippen LogP contribution is 2.17. The lowest BCUT2D eigenvalue weighted by Gasteiger charge is -2.05. The third kappa shape index (κ3) is 2.61. The summed E-state index contributed by atoms with van der Waals surface area (Å²) >= 11 is 0. The number of hydrogen-bond donors (Lipinski definition) is 3. The number of carbonyl (C=O) groups excluding carboxylic acids is 1. The normalized spacial score (nSPS) is 10.6. The van der Waals surface area contributed by atoms with Crippen LogP contribution in [0.1, 0.15) is 5.56 Å². The SMILES string of the molecule is O=C(Cc1cccc(O)c1)Nc1ccc2cn[nH]c2c1. The zero-order chi connectivity index (χ0) is 13.9. The number of H-pyrrole nitrogens is 1. The molecule has 0 saturated carbocycles. The predicted octanol–water partition coefficient (Wildman–Crippen LogP) is 2.45. The van der Waals surface area contributed by atoms with Crippen molar-refractivity contribution in [3.63, 3.8) is 0 Å². The molecule has 20 heavy (non-hydrogen) atoms. The fourth-order valence-corrected chi connectivity index (χ4v) is 2.07. The smallest absolute Gasteiger partial charge is 0.228 e. The second-order valence-corrected chi connectivity index (χ2v) is 4.57. The lowest BCUT2D eigenvalue weighted by molar-refractivity contribution is -0.115. The Kier molecular flexibility index (Phi) is 3.09. The maximum atomic E-state index is 11.9. The number of nitrogens with zero attached hydrogens (tertiary/aromatic N) is 1. The van der Waals surface area contributed by atoms with Crippen molar-refractivity contribution < 1.29 is 9.90 Å². The van der Waals surface area contributed by atoms with Crippen molar-refractivity contribution in [1.29, 1.82) is 0 Å². The molecule has 0 saturated heterocycles. The van der Waals surface area contributed by atoms with Crippen LogP contribution in [0.2, 0.25) is 0 Å². The van der Waals surface area contributed by atoms with E-state index in [0.29, 0.717) is 5.69 Å². The highest BCUT2D eigenvalue weighted by Gasteiger charge is 2.06. The molecule has 1 aromatic heterocycles. The summed E-state index contributed by atoms with van der Waals surface area (Å²) in [7, 11) is 0. The number of aromatic amines is 1. The van der Waals surface area contributed by atoms with E-state index in [2.05, 4.69) is 15.5 Å². The number of hydrogen-bond acceptors (Lipinski definition) is 3. The molecule has 0 aliphatic heterocycles. The third-order valence-electron chi connectivity index (χ3n) is 3.00. The second-order valence-electron chi connectivity index (χ2n) is 4.57. The van der Waals surface area contributed by atoms with E-state index in [0.717, 1.165) is 16.5 Å². The largest absolute Gasteiger partial charge is 0.508 e. The molecule has 0 aliphatic carbocycles. The Balaban J connectivity index is 1.72. The lowest BCUT2D eigenvalue weighted by Crippen LogP contribution is -2.14. The van der Waals surface area contributed by atoms with Gasteiger partial charge in [0, 0.05) is 11.1 Å². The van der Waals surface area contributed by atoms with Gasteiger partial charge < -0.3 is 10.4 Å². The number of amides is 1. The minimum Gasteiger partial charge on any atom is -0.508 e. The van der Waals surface area contributed by atoms with Crippen LogP contribution in [-0.4, -0.2) is 21.2 Å². The number of phenols is 1. The average Bonchev–Trinajstić information content (AvgIpc) is 2.86. The first-order chi connectivity index (χ1) is 9.70. The van der Waals surface area contributed by atoms with Crippen molar-refractivity contribution in [3.05, 3.63) is 54.2 Å². The molecule has 3 rings (SSSR count). The first kappa shape index (κ1) is 12.2. The van der Waals surface area contributed by atoms with Crippen molar-refractivity contribution in [2.24, 2.45) is 0 Å². The molecule has 0 fully saturated rings. The van der Waals surface area contributed by atoms with Gasteiger partial charge in [-0.15, -0.1) is 0 Å². The van der Waals surface area contributed by atoms with Crippen LogP contribution in [0.5, 0.6) is 5.75 Å². The number of nitrogens with one attached hydrogen (secondary N) is 2. The molecule has 5 nitrogen and oxygen atoms in total. The van der Waals surface area contributed by atoms with Crippen LogP contribution in [0.4, 0.5) is 5.69 Å². The van der Waals surface area contributed by atoms with E-state index in [1.54, 1.807) is 30.5 Å². The summed E-state index contributed by atoms with van der Waals surface area (Å²) in [5.74, 6) is 0.0312. The first-order valence-electron chi connectivity index (χ1n) is 6.21. The molecule has 3 aromatic rings. The number of carbonyl (C=O) groups is 1. The van der Waals surface area contributed by atoms with Crippen molar-refractivity contribution in [1.82, 2.24) is 10.2 Å². The van der Waals surface area contributed by atoms with E-state index in [-0.39, 0.29) is 18.1 Å². The van der Waals surface area contributed by atoms with Gasteiger partial charge in [0.05, 0.1) is 18.1 Å². The Morgan fingerprint density at radius 2 is 2.15 bits per heavy atom. The number of fused-ring (bicyclic) bond motifs is 1. The van der Waals surface area contributed by atoms with Crippen molar-refractivity contribution in [2.45, 2.75) is 6.42 Å². The number of phenolic OH excluding ortho intramolecular Hbond substituents is 1. The van der Waals surface area contributed by atoms with Gasteiger partial charge in [0.1, 0.15) is 5.75 Å². The minimum atomic E-state index is -0.130. The monoisotopic (exact) mass is 267 g/mol. The van der Waals surface area contributed by atoms with Crippen LogP contribution >= 0.6 is 0 Å². The quantitative estimate of drug-likeness (QED) is 0.682. The summed E-state index contributed by atoms with van der Waals surface area (Å²) in [6.07, 6.45) is 1.95. The topological polar surface area (TPSA) is 78.0 Å². The lowest BCUT2D eigenvalue weighted by atomic mass is 10.1. The van der Waals surface area contributed by atoms with E-state index in [9.17, 15) is 9.90 Å². The van der Waals surface area contributed by atoms with Crippen LogP contribution in [0, 0.1) is 0 Å². The molecule has 0 unspecified atom stereocenters. The molecular weight excluding hydrogens is 254 g/mol. The molecule has 0 radical (unpaired) electrons. The van der Waals surface area contributed by atoms with Crippen LogP contribution in [0.3, 0.4) is 0 Å². The molecule has 5 heteroatoms. The predicted molar refractivity (Wildman–Crippen MR) is 76.5 cm³/mol. The summed E-state index contributed by atoms with van der Waals surface area (Å²) in [5.41, 5.74) is 2.36. The van der Waals surface area contributed by atoms with Gasteiger partial charge in [-0.2, -0.15) is 5.10 Å².